The molecule has 0 aromatic heterocycles. The number of carbonyl (C=O) groups is 2. The normalized spacial score (nSPS) is 12.1. The summed E-state index contributed by atoms with van der Waals surface area (Å²) in [5.41, 5.74) is 0.140. The topological polar surface area (TPSA) is 78.4 Å². The third-order valence-corrected chi connectivity index (χ3v) is 2.94. The molecule has 21 heavy (non-hydrogen) atoms. The van der Waals surface area contributed by atoms with Crippen molar-refractivity contribution in [3.63, 3.8) is 0 Å². The van der Waals surface area contributed by atoms with Gasteiger partial charge in [0.25, 0.3) is 0 Å². The van der Waals surface area contributed by atoms with Crippen molar-refractivity contribution >= 4 is 29.1 Å². The second kappa shape index (κ2) is 7.95. The first-order valence-corrected chi connectivity index (χ1v) is 6.89. The first-order valence-electron chi connectivity index (χ1n) is 6.52. The molecule has 7 heteroatoms. The number of halogens is 2. The van der Waals surface area contributed by atoms with Gasteiger partial charge in [0.1, 0.15) is 5.82 Å². The molecule has 1 unspecified atom stereocenters. The minimum Gasteiger partial charge on any atom is -0.391 e. The van der Waals surface area contributed by atoms with Crippen LogP contribution in [0.3, 0.4) is 0 Å². The summed E-state index contributed by atoms with van der Waals surface area (Å²) in [6, 6.07) is 3.41. The molecule has 0 radical (unpaired) electrons. The Hall–Kier alpha value is -1.66. The number of benzene rings is 1. The number of hydrogen-bond donors (Lipinski definition) is 3. The first kappa shape index (κ1) is 17.4. The zero-order valence-corrected chi connectivity index (χ0v) is 12.6. The Bertz CT molecular complexity index is 523. The quantitative estimate of drug-likeness (QED) is 0.726. The highest BCUT2D eigenvalue weighted by atomic mass is 35.5. The average molecular weight is 317 g/mol. The van der Waals surface area contributed by atoms with Crippen LogP contribution in [0.25, 0.3) is 0 Å². The lowest BCUT2D eigenvalue weighted by Crippen LogP contribution is -2.39. The van der Waals surface area contributed by atoms with Crippen molar-refractivity contribution < 1.29 is 19.1 Å². The van der Waals surface area contributed by atoms with Gasteiger partial charge in [-0.25, -0.2) is 4.39 Å². The summed E-state index contributed by atoms with van der Waals surface area (Å²) >= 11 is 5.74. The van der Waals surface area contributed by atoms with Crippen LogP contribution in [0, 0.1) is 11.7 Å². The van der Waals surface area contributed by atoms with E-state index in [0.717, 1.165) is 12.1 Å². The summed E-state index contributed by atoms with van der Waals surface area (Å²) in [5, 5.41) is 14.2. The van der Waals surface area contributed by atoms with E-state index in [-0.39, 0.29) is 23.2 Å². The zero-order valence-electron chi connectivity index (χ0n) is 11.8. The summed E-state index contributed by atoms with van der Waals surface area (Å²) in [4.78, 5) is 23.2. The molecule has 116 valence electrons. The van der Waals surface area contributed by atoms with Gasteiger partial charge < -0.3 is 15.7 Å². The predicted octanol–water partition coefficient (Wildman–Crippen LogP) is 1.94. The largest absolute Gasteiger partial charge is 0.391 e. The van der Waals surface area contributed by atoms with Crippen LogP contribution in [0.15, 0.2) is 18.2 Å². The van der Waals surface area contributed by atoms with Gasteiger partial charge in [-0.05, 0) is 30.5 Å². The number of rotatable bonds is 5. The van der Waals surface area contributed by atoms with Gasteiger partial charge in [0, 0.05) is 6.54 Å². The number of aliphatic hydroxyl groups is 1. The summed E-state index contributed by atoms with van der Waals surface area (Å²) in [6.07, 6.45) is -0.192. The maximum Gasteiger partial charge on any atom is 0.313 e. The molecule has 0 fully saturated rings. The van der Waals surface area contributed by atoms with Gasteiger partial charge in [-0.3, -0.25) is 9.59 Å². The molecule has 0 aliphatic rings. The van der Waals surface area contributed by atoms with Crippen LogP contribution >= 0.6 is 11.6 Å². The van der Waals surface area contributed by atoms with E-state index in [4.69, 9.17) is 11.6 Å². The van der Waals surface area contributed by atoms with Crippen molar-refractivity contribution in [1.29, 1.82) is 0 Å². The molecule has 0 saturated heterocycles. The maximum absolute atomic E-state index is 12.9. The lowest BCUT2D eigenvalue weighted by molar-refractivity contribution is -0.136. The predicted molar refractivity (Wildman–Crippen MR) is 78.5 cm³/mol. The van der Waals surface area contributed by atoms with E-state index in [9.17, 15) is 19.1 Å². The molecule has 0 aliphatic heterocycles. The Kier molecular flexibility index (Phi) is 6.58. The molecule has 5 nitrogen and oxygen atoms in total. The maximum atomic E-state index is 12.9. The van der Waals surface area contributed by atoms with Gasteiger partial charge in [0.2, 0.25) is 0 Å². The van der Waals surface area contributed by atoms with Crippen molar-refractivity contribution in [3.8, 4) is 0 Å². The fourth-order valence-corrected chi connectivity index (χ4v) is 1.90. The molecular weight excluding hydrogens is 299 g/mol. The van der Waals surface area contributed by atoms with Crippen molar-refractivity contribution in [2.75, 3.05) is 11.9 Å². The average Bonchev–Trinajstić information content (AvgIpc) is 2.38. The van der Waals surface area contributed by atoms with Crippen molar-refractivity contribution in [2.45, 2.75) is 26.4 Å². The first-order chi connectivity index (χ1) is 9.79. The van der Waals surface area contributed by atoms with Crippen LogP contribution in [0.1, 0.15) is 20.3 Å². The highest BCUT2D eigenvalue weighted by Gasteiger charge is 2.16. The van der Waals surface area contributed by atoms with Gasteiger partial charge in [-0.15, -0.1) is 0 Å². The molecule has 1 aromatic rings. The van der Waals surface area contributed by atoms with Crippen LogP contribution in [-0.4, -0.2) is 29.6 Å². The molecule has 1 rings (SSSR count). The van der Waals surface area contributed by atoms with E-state index in [1.165, 1.54) is 6.07 Å². The minimum atomic E-state index is -0.930. The van der Waals surface area contributed by atoms with E-state index in [0.29, 0.717) is 6.42 Å². The fourth-order valence-electron chi connectivity index (χ4n) is 1.69. The van der Waals surface area contributed by atoms with E-state index < -0.39 is 23.7 Å². The van der Waals surface area contributed by atoms with Crippen LogP contribution in [-0.2, 0) is 9.59 Å². The molecule has 1 aromatic carbocycles. The van der Waals surface area contributed by atoms with E-state index in [2.05, 4.69) is 10.6 Å². The SMILES string of the molecule is CC(C)CC(O)CNC(=O)C(=O)Nc1ccc(F)cc1Cl. The Morgan fingerprint density at radius 1 is 1.33 bits per heavy atom. The minimum absolute atomic E-state index is 0.00371. The molecule has 0 bridgehead atoms. The van der Waals surface area contributed by atoms with Crippen LogP contribution < -0.4 is 10.6 Å². The summed E-state index contributed by atoms with van der Waals surface area (Å²) in [5.74, 6) is -2.08. The molecule has 1 atom stereocenters. The van der Waals surface area contributed by atoms with Crippen LogP contribution in [0.2, 0.25) is 5.02 Å². The summed E-state index contributed by atoms with van der Waals surface area (Å²) < 4.78 is 12.9. The number of hydrogen-bond acceptors (Lipinski definition) is 3. The summed E-state index contributed by atoms with van der Waals surface area (Å²) in [7, 11) is 0. The van der Waals surface area contributed by atoms with E-state index in [1.54, 1.807) is 0 Å². The Morgan fingerprint density at radius 3 is 2.57 bits per heavy atom. The van der Waals surface area contributed by atoms with Gasteiger partial charge in [0.05, 0.1) is 16.8 Å². The molecule has 0 heterocycles. The third-order valence-electron chi connectivity index (χ3n) is 2.63. The number of anilines is 1. The van der Waals surface area contributed by atoms with Gasteiger partial charge in [-0.2, -0.15) is 0 Å². The Morgan fingerprint density at radius 2 is 2.00 bits per heavy atom. The lowest BCUT2D eigenvalue weighted by atomic mass is 10.1. The Balaban J connectivity index is 2.49. The van der Waals surface area contributed by atoms with Gasteiger partial charge in [-0.1, -0.05) is 25.4 Å². The van der Waals surface area contributed by atoms with Gasteiger partial charge >= 0.3 is 11.8 Å². The van der Waals surface area contributed by atoms with Gasteiger partial charge in [0.15, 0.2) is 0 Å². The van der Waals surface area contributed by atoms with Crippen LogP contribution in [0.5, 0.6) is 0 Å². The monoisotopic (exact) mass is 316 g/mol. The molecule has 0 spiro atoms. The second-order valence-electron chi connectivity index (χ2n) is 5.07. The van der Waals surface area contributed by atoms with E-state index in [1.807, 2.05) is 13.8 Å². The summed E-state index contributed by atoms with van der Waals surface area (Å²) in [6.45, 7) is 3.87. The fraction of sp³-hybridized carbons (Fsp3) is 0.429. The number of carbonyl (C=O) groups excluding carboxylic acids is 2. The lowest BCUT2D eigenvalue weighted by Gasteiger charge is -2.13. The van der Waals surface area contributed by atoms with Crippen molar-refractivity contribution in [3.05, 3.63) is 29.0 Å². The highest BCUT2D eigenvalue weighted by Crippen LogP contribution is 2.22. The highest BCUT2D eigenvalue weighted by molar-refractivity contribution is 6.41. The number of nitrogens with one attached hydrogen (secondary N) is 2. The van der Waals surface area contributed by atoms with E-state index >= 15 is 0 Å². The third kappa shape index (κ3) is 6.10. The molecular formula is C14H18ClFN2O3. The zero-order chi connectivity index (χ0) is 16.0. The molecule has 2 amide bonds. The van der Waals surface area contributed by atoms with Crippen molar-refractivity contribution in [2.24, 2.45) is 5.92 Å². The molecule has 0 saturated carbocycles. The van der Waals surface area contributed by atoms with Crippen LogP contribution in [0.4, 0.5) is 10.1 Å². The molecule has 3 N–H and O–H groups in total. The number of amides is 2. The number of aliphatic hydroxyl groups excluding tert-OH is 1. The second-order valence-corrected chi connectivity index (χ2v) is 5.48. The van der Waals surface area contributed by atoms with Crippen molar-refractivity contribution in [1.82, 2.24) is 5.32 Å². The Labute approximate surface area is 127 Å². The molecule has 0 aliphatic carbocycles. The standard InChI is InChI=1S/C14H18ClFN2O3/c1-8(2)5-10(19)7-17-13(20)14(21)18-12-4-3-9(16)6-11(12)15/h3-4,6,8,10,19H,5,7H2,1-2H3,(H,17,20)(H,18,21). The smallest absolute Gasteiger partial charge is 0.313 e.